The van der Waals surface area contributed by atoms with E-state index in [1.54, 1.807) is 6.92 Å². The Morgan fingerprint density at radius 2 is 2.11 bits per heavy atom. The zero-order chi connectivity index (χ0) is 14.3. The molecule has 2 N–H and O–H groups in total. The van der Waals surface area contributed by atoms with Crippen molar-refractivity contribution in [2.75, 3.05) is 13.2 Å². The monoisotopic (exact) mass is 329 g/mol. The summed E-state index contributed by atoms with van der Waals surface area (Å²) < 4.78 is 6.74. The van der Waals surface area contributed by atoms with E-state index in [-0.39, 0.29) is 0 Å². The first-order valence-corrected chi connectivity index (χ1v) is 7.62. The third kappa shape index (κ3) is 5.93. The molecule has 0 aliphatic carbocycles. The Kier molecular flexibility index (Phi) is 6.83. The Morgan fingerprint density at radius 1 is 1.37 bits per heavy atom. The predicted molar refractivity (Wildman–Crippen MR) is 82.5 cm³/mol. The number of halogens is 1. The van der Waals surface area contributed by atoms with E-state index in [1.807, 2.05) is 25.1 Å². The first-order chi connectivity index (χ1) is 8.98. The Labute approximate surface area is 124 Å². The van der Waals surface area contributed by atoms with Gasteiger partial charge in [0.2, 0.25) is 0 Å². The van der Waals surface area contributed by atoms with Crippen molar-refractivity contribution in [3.05, 3.63) is 28.2 Å². The molecule has 1 unspecified atom stereocenters. The van der Waals surface area contributed by atoms with Gasteiger partial charge >= 0.3 is 0 Å². The standard InChI is InChI=1S/C15H24BrNO2/c1-4-8-17-10-12-9-13(6-7-14(12)16)19-11-15(3,18)5-2/h6-7,9,17-18H,4-5,8,10-11H2,1-3H3. The summed E-state index contributed by atoms with van der Waals surface area (Å²) in [5, 5.41) is 13.3. The van der Waals surface area contributed by atoms with Crippen LogP contribution in [0.25, 0.3) is 0 Å². The number of aliphatic hydroxyl groups is 1. The molecule has 1 aromatic carbocycles. The number of hydrogen-bond acceptors (Lipinski definition) is 3. The minimum atomic E-state index is -0.770. The molecular formula is C15H24BrNO2. The van der Waals surface area contributed by atoms with E-state index in [0.717, 1.165) is 29.7 Å². The first kappa shape index (κ1) is 16.5. The fourth-order valence-electron chi connectivity index (χ4n) is 1.52. The number of hydrogen-bond donors (Lipinski definition) is 2. The van der Waals surface area contributed by atoms with Crippen LogP contribution in [-0.4, -0.2) is 23.9 Å². The first-order valence-electron chi connectivity index (χ1n) is 6.83. The van der Waals surface area contributed by atoms with Crippen molar-refractivity contribution in [2.45, 2.75) is 45.8 Å². The minimum Gasteiger partial charge on any atom is -0.491 e. The van der Waals surface area contributed by atoms with Gasteiger partial charge in [-0.3, -0.25) is 0 Å². The lowest BCUT2D eigenvalue weighted by molar-refractivity contribution is 0.00844. The second-order valence-corrected chi connectivity index (χ2v) is 5.92. The molecule has 0 amide bonds. The highest BCUT2D eigenvalue weighted by atomic mass is 79.9. The molecule has 0 fully saturated rings. The van der Waals surface area contributed by atoms with Gasteiger partial charge in [0.25, 0.3) is 0 Å². The minimum absolute atomic E-state index is 0.312. The zero-order valence-electron chi connectivity index (χ0n) is 12.0. The van der Waals surface area contributed by atoms with E-state index in [1.165, 1.54) is 5.56 Å². The molecule has 0 bridgehead atoms. The fraction of sp³-hybridized carbons (Fsp3) is 0.600. The average molecular weight is 330 g/mol. The molecule has 1 rings (SSSR count). The van der Waals surface area contributed by atoms with E-state index in [9.17, 15) is 5.11 Å². The lowest BCUT2D eigenvalue weighted by Crippen LogP contribution is -2.31. The largest absolute Gasteiger partial charge is 0.491 e. The molecule has 19 heavy (non-hydrogen) atoms. The van der Waals surface area contributed by atoms with Gasteiger partial charge < -0.3 is 15.2 Å². The molecule has 108 valence electrons. The average Bonchev–Trinajstić information content (AvgIpc) is 2.40. The molecule has 0 spiro atoms. The summed E-state index contributed by atoms with van der Waals surface area (Å²) in [6, 6.07) is 5.91. The van der Waals surface area contributed by atoms with Crippen LogP contribution in [0.5, 0.6) is 5.75 Å². The number of rotatable bonds is 8. The summed E-state index contributed by atoms with van der Waals surface area (Å²) >= 11 is 3.54. The van der Waals surface area contributed by atoms with Crippen LogP contribution in [-0.2, 0) is 6.54 Å². The quantitative estimate of drug-likeness (QED) is 0.717. The van der Waals surface area contributed by atoms with Gasteiger partial charge in [-0.25, -0.2) is 0 Å². The van der Waals surface area contributed by atoms with Gasteiger partial charge in [0.1, 0.15) is 12.4 Å². The van der Waals surface area contributed by atoms with Gasteiger partial charge in [-0.1, -0.05) is 29.8 Å². The van der Waals surface area contributed by atoms with E-state index in [4.69, 9.17) is 4.74 Å². The summed E-state index contributed by atoms with van der Waals surface area (Å²) in [7, 11) is 0. The lowest BCUT2D eigenvalue weighted by Gasteiger charge is -2.21. The van der Waals surface area contributed by atoms with E-state index in [2.05, 4.69) is 28.2 Å². The van der Waals surface area contributed by atoms with Gasteiger partial charge in [0, 0.05) is 11.0 Å². The Hall–Kier alpha value is -0.580. The molecular weight excluding hydrogens is 306 g/mol. The molecule has 1 aromatic rings. The maximum absolute atomic E-state index is 9.94. The van der Waals surface area contributed by atoms with Crippen LogP contribution in [0.4, 0.5) is 0 Å². The van der Waals surface area contributed by atoms with Gasteiger partial charge in [0.05, 0.1) is 5.60 Å². The van der Waals surface area contributed by atoms with Crippen molar-refractivity contribution in [2.24, 2.45) is 0 Å². The van der Waals surface area contributed by atoms with Crippen molar-refractivity contribution in [1.29, 1.82) is 0 Å². The molecule has 0 aromatic heterocycles. The van der Waals surface area contributed by atoms with Crippen molar-refractivity contribution < 1.29 is 9.84 Å². The fourth-order valence-corrected chi connectivity index (χ4v) is 1.90. The molecule has 4 heteroatoms. The zero-order valence-corrected chi connectivity index (χ0v) is 13.6. The van der Waals surface area contributed by atoms with Gasteiger partial charge in [-0.15, -0.1) is 0 Å². The SMILES string of the molecule is CCCNCc1cc(OCC(C)(O)CC)ccc1Br. The third-order valence-electron chi connectivity index (χ3n) is 3.07. The van der Waals surface area contributed by atoms with Crippen LogP contribution in [0.2, 0.25) is 0 Å². The van der Waals surface area contributed by atoms with Crippen LogP contribution < -0.4 is 10.1 Å². The van der Waals surface area contributed by atoms with Gasteiger partial charge in [0.15, 0.2) is 0 Å². The van der Waals surface area contributed by atoms with Crippen LogP contribution in [0.1, 0.15) is 39.2 Å². The van der Waals surface area contributed by atoms with Crippen molar-refractivity contribution in [3.8, 4) is 5.75 Å². The molecule has 0 saturated heterocycles. The molecule has 0 heterocycles. The Bertz CT molecular complexity index is 394. The molecule has 3 nitrogen and oxygen atoms in total. The number of ether oxygens (including phenoxy) is 1. The number of benzene rings is 1. The van der Waals surface area contributed by atoms with Gasteiger partial charge in [-0.05, 0) is 50.1 Å². The maximum Gasteiger partial charge on any atom is 0.119 e. The second-order valence-electron chi connectivity index (χ2n) is 5.07. The summed E-state index contributed by atoms with van der Waals surface area (Å²) in [6.07, 6.45) is 1.79. The van der Waals surface area contributed by atoms with Crippen LogP contribution in [0.3, 0.4) is 0 Å². The second kappa shape index (κ2) is 7.88. The third-order valence-corrected chi connectivity index (χ3v) is 3.84. The van der Waals surface area contributed by atoms with Crippen LogP contribution in [0.15, 0.2) is 22.7 Å². The summed E-state index contributed by atoms with van der Waals surface area (Å²) in [4.78, 5) is 0. The lowest BCUT2D eigenvalue weighted by atomic mass is 10.1. The highest BCUT2D eigenvalue weighted by molar-refractivity contribution is 9.10. The van der Waals surface area contributed by atoms with Crippen molar-refractivity contribution in [1.82, 2.24) is 5.32 Å². The predicted octanol–water partition coefficient (Wildman–Crippen LogP) is 3.49. The van der Waals surface area contributed by atoms with E-state index >= 15 is 0 Å². The Balaban J connectivity index is 2.62. The smallest absolute Gasteiger partial charge is 0.119 e. The molecule has 0 aliphatic rings. The molecule has 1 atom stereocenters. The maximum atomic E-state index is 9.94. The van der Waals surface area contributed by atoms with Crippen molar-refractivity contribution in [3.63, 3.8) is 0 Å². The molecule has 0 radical (unpaired) electrons. The van der Waals surface area contributed by atoms with Crippen molar-refractivity contribution >= 4 is 15.9 Å². The highest BCUT2D eigenvalue weighted by Crippen LogP contribution is 2.23. The topological polar surface area (TPSA) is 41.5 Å². The van der Waals surface area contributed by atoms with Crippen LogP contribution >= 0.6 is 15.9 Å². The van der Waals surface area contributed by atoms with Crippen LogP contribution in [0, 0.1) is 0 Å². The summed E-state index contributed by atoms with van der Waals surface area (Å²) in [6.45, 7) is 8.01. The number of nitrogens with one attached hydrogen (secondary N) is 1. The Morgan fingerprint density at radius 3 is 2.74 bits per heavy atom. The summed E-state index contributed by atoms with van der Waals surface area (Å²) in [5.74, 6) is 0.797. The molecule has 0 saturated carbocycles. The van der Waals surface area contributed by atoms with E-state index in [0.29, 0.717) is 13.0 Å². The normalized spacial score (nSPS) is 14.2. The highest BCUT2D eigenvalue weighted by Gasteiger charge is 2.18. The summed E-state index contributed by atoms with van der Waals surface area (Å²) in [5.41, 5.74) is 0.398. The van der Waals surface area contributed by atoms with Gasteiger partial charge in [-0.2, -0.15) is 0 Å². The van der Waals surface area contributed by atoms with E-state index < -0.39 is 5.60 Å². The molecule has 0 aliphatic heterocycles.